The Kier molecular flexibility index (Phi) is 1.86. The number of aromatic nitrogens is 1. The van der Waals surface area contributed by atoms with E-state index < -0.39 is 0 Å². The molecule has 2 aromatic rings. The molecule has 0 N–H and O–H groups in total. The van der Waals surface area contributed by atoms with E-state index in [1.165, 1.54) is 0 Å². The van der Waals surface area contributed by atoms with Crippen LogP contribution in [0.3, 0.4) is 0 Å². The van der Waals surface area contributed by atoms with Crippen molar-refractivity contribution in [2.45, 2.75) is 18.9 Å². The monoisotopic (exact) mass is 219 g/mol. The molecule has 76 valence electrons. The highest BCUT2D eigenvalue weighted by molar-refractivity contribution is 6.30. The first-order valence-electron chi connectivity index (χ1n) is 5.07. The zero-order valence-corrected chi connectivity index (χ0v) is 8.87. The molecule has 1 aromatic carbocycles. The van der Waals surface area contributed by atoms with Crippen LogP contribution in [-0.4, -0.2) is 4.57 Å². The third kappa shape index (κ3) is 1.37. The molecule has 0 amide bonds. The van der Waals surface area contributed by atoms with E-state index in [1.807, 2.05) is 30.3 Å². The number of rotatable bonds is 1. The highest BCUT2D eigenvalue weighted by Gasteiger charge is 2.26. The van der Waals surface area contributed by atoms with E-state index >= 15 is 0 Å². The van der Waals surface area contributed by atoms with Crippen molar-refractivity contribution in [1.29, 1.82) is 0 Å². The van der Waals surface area contributed by atoms with Crippen LogP contribution in [0, 0.1) is 0 Å². The molecule has 1 heterocycles. The average molecular weight is 220 g/mol. The van der Waals surface area contributed by atoms with E-state index in [9.17, 15) is 4.79 Å². The second-order valence-corrected chi connectivity index (χ2v) is 4.35. The van der Waals surface area contributed by atoms with Crippen molar-refractivity contribution in [1.82, 2.24) is 4.57 Å². The van der Waals surface area contributed by atoms with Gasteiger partial charge in [0.2, 0.25) is 0 Å². The molecule has 0 bridgehead atoms. The van der Waals surface area contributed by atoms with Crippen molar-refractivity contribution in [2.24, 2.45) is 0 Å². The number of halogens is 1. The number of pyridine rings is 1. The van der Waals surface area contributed by atoms with Gasteiger partial charge in [-0.25, -0.2) is 0 Å². The number of hydrogen-bond donors (Lipinski definition) is 0. The molecule has 0 spiro atoms. The molecular formula is C12H10ClNO. The Bertz CT molecular complexity index is 584. The summed E-state index contributed by atoms with van der Waals surface area (Å²) in [6, 6.07) is 9.77. The summed E-state index contributed by atoms with van der Waals surface area (Å²) < 4.78 is 1.71. The summed E-state index contributed by atoms with van der Waals surface area (Å²) in [5, 5.41) is 2.24. The highest BCUT2D eigenvalue weighted by Crippen LogP contribution is 2.36. The molecule has 1 aromatic heterocycles. The topological polar surface area (TPSA) is 22.0 Å². The van der Waals surface area contributed by atoms with Gasteiger partial charge in [0.15, 0.2) is 0 Å². The maximum absolute atomic E-state index is 12.1. The summed E-state index contributed by atoms with van der Waals surface area (Å²) in [6.45, 7) is 0. The Balaban J connectivity index is 2.41. The zero-order chi connectivity index (χ0) is 10.4. The lowest BCUT2D eigenvalue weighted by Crippen LogP contribution is -2.19. The molecule has 2 nitrogen and oxygen atoms in total. The fraction of sp³-hybridized carbons (Fsp3) is 0.250. The van der Waals surface area contributed by atoms with Gasteiger partial charge in [0, 0.05) is 11.4 Å². The lowest BCUT2D eigenvalue weighted by Gasteiger charge is -2.08. The van der Waals surface area contributed by atoms with Gasteiger partial charge in [-0.05, 0) is 30.4 Å². The molecule has 15 heavy (non-hydrogen) atoms. The van der Waals surface area contributed by atoms with E-state index in [-0.39, 0.29) is 5.56 Å². The fourth-order valence-corrected chi connectivity index (χ4v) is 2.25. The van der Waals surface area contributed by atoms with Crippen LogP contribution in [0.15, 0.2) is 35.1 Å². The normalized spacial score (nSPS) is 15.8. The maximum Gasteiger partial charge on any atom is 0.259 e. The quantitative estimate of drug-likeness (QED) is 0.676. The van der Waals surface area contributed by atoms with E-state index in [0.29, 0.717) is 11.2 Å². The first-order valence-corrected chi connectivity index (χ1v) is 5.45. The van der Waals surface area contributed by atoms with Crippen molar-refractivity contribution in [2.75, 3.05) is 0 Å². The van der Waals surface area contributed by atoms with Crippen LogP contribution in [0.25, 0.3) is 10.8 Å². The Hall–Kier alpha value is -1.28. The Morgan fingerprint density at radius 1 is 1.27 bits per heavy atom. The Morgan fingerprint density at radius 3 is 2.73 bits per heavy atom. The fourth-order valence-electron chi connectivity index (χ4n) is 1.92. The van der Waals surface area contributed by atoms with Crippen LogP contribution in [0.5, 0.6) is 0 Å². The van der Waals surface area contributed by atoms with Crippen LogP contribution < -0.4 is 5.56 Å². The standard InChI is InChI=1S/C12H10ClNO/c13-11-7-8-3-1-2-4-10(8)12(15)14(11)9-5-6-9/h1-4,7,9H,5-6H2. The minimum absolute atomic E-state index is 0.0422. The average Bonchev–Trinajstić information content (AvgIpc) is 3.02. The third-order valence-electron chi connectivity index (χ3n) is 2.83. The first-order chi connectivity index (χ1) is 7.27. The van der Waals surface area contributed by atoms with E-state index in [2.05, 4.69) is 0 Å². The summed E-state index contributed by atoms with van der Waals surface area (Å²) in [6.07, 6.45) is 2.13. The number of hydrogen-bond acceptors (Lipinski definition) is 1. The van der Waals surface area contributed by atoms with Crippen molar-refractivity contribution < 1.29 is 0 Å². The van der Waals surface area contributed by atoms with Crippen molar-refractivity contribution >= 4 is 22.4 Å². The molecule has 0 aliphatic heterocycles. The lowest BCUT2D eigenvalue weighted by atomic mass is 10.2. The van der Waals surface area contributed by atoms with E-state index in [4.69, 9.17) is 11.6 Å². The van der Waals surface area contributed by atoms with Crippen LogP contribution >= 0.6 is 11.6 Å². The van der Waals surface area contributed by atoms with Gasteiger partial charge in [-0.2, -0.15) is 0 Å². The molecule has 1 aliphatic carbocycles. The predicted molar refractivity (Wildman–Crippen MR) is 61.5 cm³/mol. The van der Waals surface area contributed by atoms with Crippen LogP contribution in [0.1, 0.15) is 18.9 Å². The second kappa shape index (κ2) is 3.11. The van der Waals surface area contributed by atoms with Gasteiger partial charge >= 0.3 is 0 Å². The van der Waals surface area contributed by atoms with Gasteiger partial charge in [-0.3, -0.25) is 9.36 Å². The highest BCUT2D eigenvalue weighted by atomic mass is 35.5. The van der Waals surface area contributed by atoms with Gasteiger partial charge < -0.3 is 0 Å². The van der Waals surface area contributed by atoms with Crippen molar-refractivity contribution in [3.63, 3.8) is 0 Å². The van der Waals surface area contributed by atoms with Crippen LogP contribution in [0.2, 0.25) is 5.15 Å². The molecule has 1 saturated carbocycles. The second-order valence-electron chi connectivity index (χ2n) is 3.96. The summed E-state index contributed by atoms with van der Waals surface area (Å²) in [7, 11) is 0. The number of nitrogens with zero attached hydrogens (tertiary/aromatic N) is 1. The molecular weight excluding hydrogens is 210 g/mol. The van der Waals surface area contributed by atoms with Crippen LogP contribution in [0.4, 0.5) is 0 Å². The van der Waals surface area contributed by atoms with Gasteiger partial charge in [0.05, 0.1) is 0 Å². The molecule has 1 aliphatic rings. The molecule has 3 heteroatoms. The molecule has 0 unspecified atom stereocenters. The molecule has 1 fully saturated rings. The van der Waals surface area contributed by atoms with E-state index in [1.54, 1.807) is 4.57 Å². The molecule has 3 rings (SSSR count). The molecule has 0 radical (unpaired) electrons. The van der Waals surface area contributed by atoms with Crippen LogP contribution in [-0.2, 0) is 0 Å². The van der Waals surface area contributed by atoms with E-state index in [0.717, 1.165) is 23.6 Å². The minimum atomic E-state index is 0.0422. The van der Waals surface area contributed by atoms with Crippen molar-refractivity contribution in [3.8, 4) is 0 Å². The third-order valence-corrected chi connectivity index (χ3v) is 3.12. The summed E-state index contributed by atoms with van der Waals surface area (Å²) in [5.74, 6) is 0. The maximum atomic E-state index is 12.1. The van der Waals surface area contributed by atoms with Crippen molar-refractivity contribution in [3.05, 3.63) is 45.8 Å². The predicted octanol–water partition coefficient (Wildman–Crippen LogP) is 2.99. The Labute approximate surface area is 92.1 Å². The summed E-state index contributed by atoms with van der Waals surface area (Å²) in [5.41, 5.74) is 0.0422. The lowest BCUT2D eigenvalue weighted by molar-refractivity contribution is 0.715. The molecule has 0 saturated heterocycles. The largest absolute Gasteiger partial charge is 0.295 e. The first kappa shape index (κ1) is 8.98. The Morgan fingerprint density at radius 2 is 2.00 bits per heavy atom. The number of benzene rings is 1. The zero-order valence-electron chi connectivity index (χ0n) is 8.11. The summed E-state index contributed by atoms with van der Waals surface area (Å²) >= 11 is 6.11. The van der Waals surface area contributed by atoms with Gasteiger partial charge in [0.25, 0.3) is 5.56 Å². The van der Waals surface area contributed by atoms with Gasteiger partial charge in [-0.15, -0.1) is 0 Å². The summed E-state index contributed by atoms with van der Waals surface area (Å²) in [4.78, 5) is 12.1. The smallest absolute Gasteiger partial charge is 0.259 e. The minimum Gasteiger partial charge on any atom is -0.295 e. The van der Waals surface area contributed by atoms with Gasteiger partial charge in [0.1, 0.15) is 5.15 Å². The number of fused-ring (bicyclic) bond motifs is 1. The molecule has 0 atom stereocenters. The van der Waals surface area contributed by atoms with Gasteiger partial charge in [-0.1, -0.05) is 29.8 Å². The SMILES string of the molecule is O=c1c2ccccc2cc(Cl)n1C1CC1.